The van der Waals surface area contributed by atoms with Crippen LogP contribution in [0.3, 0.4) is 0 Å². The summed E-state index contributed by atoms with van der Waals surface area (Å²) in [6.07, 6.45) is -0.797. The van der Waals surface area contributed by atoms with Gasteiger partial charge in [0.05, 0.1) is 16.8 Å². The summed E-state index contributed by atoms with van der Waals surface area (Å²) in [4.78, 5) is 39.0. The lowest BCUT2D eigenvalue weighted by molar-refractivity contribution is -0.137. The van der Waals surface area contributed by atoms with E-state index >= 15 is 0 Å². The van der Waals surface area contributed by atoms with Gasteiger partial charge in [0.25, 0.3) is 5.91 Å². The predicted molar refractivity (Wildman–Crippen MR) is 145 cm³/mol. The molecule has 0 spiro atoms. The van der Waals surface area contributed by atoms with E-state index in [2.05, 4.69) is 21.2 Å². The van der Waals surface area contributed by atoms with Gasteiger partial charge in [0.1, 0.15) is 17.3 Å². The van der Waals surface area contributed by atoms with Crippen molar-refractivity contribution in [3.8, 4) is 11.1 Å². The quantitative estimate of drug-likeness (QED) is 0.113. The van der Waals surface area contributed by atoms with E-state index in [1.54, 1.807) is 0 Å². The average Bonchev–Trinajstić information content (AvgIpc) is 3.48. The number of allylic oxidation sites excluding steroid dienone is 1. The smallest absolute Gasteiger partial charge is 0.337 e. The Morgan fingerprint density at radius 2 is 1.73 bits per heavy atom. The molecule has 2 aromatic heterocycles. The molecule has 0 saturated carbocycles. The highest BCUT2D eigenvalue weighted by atomic mass is 79.9. The summed E-state index contributed by atoms with van der Waals surface area (Å²) in [6, 6.07) is 9.32. The van der Waals surface area contributed by atoms with Crippen molar-refractivity contribution in [2.24, 2.45) is 0 Å². The molecule has 5 rings (SSSR count). The Labute approximate surface area is 238 Å². The van der Waals surface area contributed by atoms with Gasteiger partial charge in [-0.2, -0.15) is 13.2 Å². The molecular weight excluding hydrogens is 613 g/mol. The topological polar surface area (TPSA) is 70.9 Å². The van der Waals surface area contributed by atoms with E-state index in [-0.39, 0.29) is 45.6 Å². The van der Waals surface area contributed by atoms with Gasteiger partial charge in [-0.05, 0) is 53.6 Å². The van der Waals surface area contributed by atoms with Gasteiger partial charge in [-0.15, -0.1) is 0 Å². The first-order valence-electron chi connectivity index (χ1n) is 12.1. The van der Waals surface area contributed by atoms with E-state index in [0.717, 1.165) is 24.3 Å². The predicted octanol–water partition coefficient (Wildman–Crippen LogP) is 6.61. The van der Waals surface area contributed by atoms with Gasteiger partial charge in [-0.1, -0.05) is 28.1 Å². The van der Waals surface area contributed by atoms with Crippen LogP contribution in [-0.2, 0) is 17.5 Å². The first-order chi connectivity index (χ1) is 19.4. The van der Waals surface area contributed by atoms with Crippen molar-refractivity contribution in [2.45, 2.75) is 12.7 Å². The van der Waals surface area contributed by atoms with Crippen LogP contribution in [0.2, 0.25) is 0 Å². The normalized spacial score (nSPS) is 13.3. The first-order valence-corrected chi connectivity index (χ1v) is 13.2. The largest absolute Gasteiger partial charge is 0.417 e. The molecule has 0 saturated heterocycles. The van der Waals surface area contributed by atoms with E-state index < -0.39 is 46.7 Å². The number of fused-ring (bicyclic) bond motifs is 2. The summed E-state index contributed by atoms with van der Waals surface area (Å²) in [7, 11) is 1.49. The lowest BCUT2D eigenvalue weighted by Gasteiger charge is -2.16. The molecule has 1 aliphatic heterocycles. The first kappa shape index (κ1) is 28.2. The van der Waals surface area contributed by atoms with Crippen molar-refractivity contribution in [2.75, 3.05) is 17.7 Å². The van der Waals surface area contributed by atoms with Gasteiger partial charge in [0.2, 0.25) is 11.7 Å². The number of nitrogens with zero attached hydrogens (tertiary/aromatic N) is 2. The van der Waals surface area contributed by atoms with E-state index in [9.17, 15) is 36.3 Å². The molecule has 2 amide bonds. The van der Waals surface area contributed by atoms with Gasteiger partial charge in [0, 0.05) is 47.9 Å². The van der Waals surface area contributed by atoms with Crippen LogP contribution < -0.4 is 5.32 Å². The maximum atomic E-state index is 14.7. The number of nitrogens with one attached hydrogen (secondary N) is 1. The summed E-state index contributed by atoms with van der Waals surface area (Å²) in [6.45, 7) is 0.0502. The highest BCUT2D eigenvalue weighted by Gasteiger charge is 2.37. The number of benzene rings is 2. The molecule has 2 aromatic carbocycles. The molecule has 6 nitrogen and oxygen atoms in total. The third-order valence-corrected chi connectivity index (χ3v) is 7.03. The van der Waals surface area contributed by atoms with E-state index in [1.165, 1.54) is 59.0 Å². The Kier molecular flexibility index (Phi) is 7.28. The van der Waals surface area contributed by atoms with Crippen molar-refractivity contribution in [1.82, 2.24) is 9.30 Å². The minimum absolute atomic E-state index is 0.0502. The van der Waals surface area contributed by atoms with Gasteiger partial charge >= 0.3 is 6.18 Å². The summed E-state index contributed by atoms with van der Waals surface area (Å²) < 4.78 is 73.2. The fourth-order valence-corrected chi connectivity index (χ4v) is 4.99. The number of halogens is 6. The number of amides is 2. The van der Waals surface area contributed by atoms with Crippen molar-refractivity contribution < 1.29 is 36.3 Å². The standard InChI is InChI=1S/C29H19BrF5N3O3/c1-37-14-16-10-20(29(33,34)35)19(13-18(16)28(37)41)17-4-3-9-38-23(17)6-7-24(38)27(40)15-11-21(31)26(22(32)12-15)36-25(39)5-2-8-30/h2-7,9-13H,8,14H2,1H3,(H,36,39)/b5-2+. The van der Waals surface area contributed by atoms with Crippen LogP contribution in [0.4, 0.5) is 27.6 Å². The minimum atomic E-state index is -4.73. The number of hydrogen-bond acceptors (Lipinski definition) is 3. The van der Waals surface area contributed by atoms with E-state index in [1.807, 2.05) is 0 Å². The van der Waals surface area contributed by atoms with Crippen LogP contribution in [0.1, 0.15) is 37.5 Å². The number of aromatic nitrogens is 1. The molecule has 0 atom stereocenters. The maximum Gasteiger partial charge on any atom is 0.417 e. The minimum Gasteiger partial charge on any atom is -0.337 e. The summed E-state index contributed by atoms with van der Waals surface area (Å²) in [5.41, 5.74) is -1.62. The molecule has 0 bridgehead atoms. The monoisotopic (exact) mass is 631 g/mol. The highest BCUT2D eigenvalue weighted by Crippen LogP contribution is 2.42. The second kappa shape index (κ2) is 10.6. The number of carbonyl (C=O) groups excluding carboxylic acids is 3. The zero-order valence-corrected chi connectivity index (χ0v) is 22.7. The number of pyridine rings is 1. The third kappa shape index (κ3) is 5.15. The molecule has 1 aliphatic rings. The molecule has 41 heavy (non-hydrogen) atoms. The van der Waals surface area contributed by atoms with Crippen LogP contribution in [-0.4, -0.2) is 39.3 Å². The molecule has 0 unspecified atom stereocenters. The van der Waals surface area contributed by atoms with Gasteiger partial charge in [-0.3, -0.25) is 14.4 Å². The average molecular weight is 632 g/mol. The maximum absolute atomic E-state index is 14.7. The van der Waals surface area contributed by atoms with Crippen molar-refractivity contribution in [3.05, 3.63) is 106 Å². The second-order valence-corrected chi connectivity index (χ2v) is 9.95. The lowest BCUT2D eigenvalue weighted by Crippen LogP contribution is -2.17. The number of anilines is 1. The second-order valence-electron chi connectivity index (χ2n) is 9.30. The zero-order chi connectivity index (χ0) is 29.6. The number of alkyl halides is 4. The van der Waals surface area contributed by atoms with Crippen LogP contribution in [0.5, 0.6) is 0 Å². The lowest BCUT2D eigenvalue weighted by atomic mass is 9.94. The Bertz CT molecular complexity index is 1750. The molecule has 0 aliphatic carbocycles. The number of carbonyl (C=O) groups is 3. The highest BCUT2D eigenvalue weighted by molar-refractivity contribution is 9.09. The Morgan fingerprint density at radius 1 is 1.02 bits per heavy atom. The van der Waals surface area contributed by atoms with E-state index in [0.29, 0.717) is 5.33 Å². The number of ketones is 1. The molecule has 210 valence electrons. The molecule has 1 N–H and O–H groups in total. The van der Waals surface area contributed by atoms with Gasteiger partial charge in [0.15, 0.2) is 0 Å². The number of hydrogen-bond donors (Lipinski definition) is 1. The zero-order valence-electron chi connectivity index (χ0n) is 21.2. The Morgan fingerprint density at radius 3 is 2.39 bits per heavy atom. The summed E-state index contributed by atoms with van der Waals surface area (Å²) in [5, 5.41) is 2.43. The van der Waals surface area contributed by atoms with Gasteiger partial charge in [-0.25, -0.2) is 8.78 Å². The molecule has 0 fully saturated rings. The van der Waals surface area contributed by atoms with Crippen LogP contribution in [0.15, 0.2) is 66.9 Å². The van der Waals surface area contributed by atoms with Crippen LogP contribution >= 0.6 is 15.9 Å². The summed E-state index contributed by atoms with van der Waals surface area (Å²) >= 11 is 3.08. The van der Waals surface area contributed by atoms with Crippen molar-refractivity contribution in [1.29, 1.82) is 0 Å². The fraction of sp³-hybridized carbons (Fsp3) is 0.138. The van der Waals surface area contributed by atoms with Crippen LogP contribution in [0.25, 0.3) is 16.6 Å². The molecule has 12 heteroatoms. The van der Waals surface area contributed by atoms with Crippen LogP contribution in [0, 0.1) is 11.6 Å². The number of rotatable bonds is 6. The van der Waals surface area contributed by atoms with E-state index in [4.69, 9.17) is 0 Å². The SMILES string of the molecule is CN1Cc2cc(C(F)(F)F)c(-c3cccn4c(C(=O)c5cc(F)c(NC(=O)/C=C/CBr)c(F)c5)ccc34)cc2C1=O. The Hall–Kier alpha value is -4.32. The van der Waals surface area contributed by atoms with Gasteiger partial charge < -0.3 is 14.6 Å². The van der Waals surface area contributed by atoms with Crippen molar-refractivity contribution in [3.63, 3.8) is 0 Å². The molecule has 3 heterocycles. The molecule has 4 aromatic rings. The summed E-state index contributed by atoms with van der Waals surface area (Å²) in [5.74, 6) is -4.35. The molecule has 0 radical (unpaired) electrons. The fourth-order valence-electron chi connectivity index (χ4n) is 4.80. The third-order valence-electron chi connectivity index (χ3n) is 6.66. The Balaban J connectivity index is 1.57. The van der Waals surface area contributed by atoms with Crippen molar-refractivity contribution >= 4 is 44.7 Å². The molecular formula is C29H19BrF5N3O3.